The molecule has 2 rings (SSSR count). The fraction of sp³-hybridized carbons (Fsp3) is 0.350. The van der Waals surface area contributed by atoms with E-state index in [0.717, 1.165) is 12.1 Å². The number of carbonyl (C=O) groups excluding carboxylic acids is 1. The van der Waals surface area contributed by atoms with E-state index in [1.165, 1.54) is 31.2 Å². The van der Waals surface area contributed by atoms with E-state index in [1.807, 2.05) is 0 Å². The fourth-order valence-electron chi connectivity index (χ4n) is 3.09. The zero-order chi connectivity index (χ0) is 20.6. The second kappa shape index (κ2) is 6.98. The van der Waals surface area contributed by atoms with Gasteiger partial charge in [-0.25, -0.2) is 9.18 Å². The fourth-order valence-corrected chi connectivity index (χ4v) is 3.09. The third-order valence-corrected chi connectivity index (χ3v) is 4.37. The van der Waals surface area contributed by atoms with Crippen LogP contribution in [0.3, 0.4) is 0 Å². The van der Waals surface area contributed by atoms with Gasteiger partial charge in [0.2, 0.25) is 0 Å². The van der Waals surface area contributed by atoms with E-state index in [9.17, 15) is 29.0 Å². The molecule has 0 aliphatic heterocycles. The SMILES string of the molecule is CC(C)(C)OC(=O)C1C(C(=O)O)=CC=C(c2ccc(F)cc2)C1(C)C(=O)O. The Hall–Kier alpha value is -2.96. The summed E-state index contributed by atoms with van der Waals surface area (Å²) in [6.07, 6.45) is 2.53. The first-order chi connectivity index (χ1) is 12.4. The molecule has 0 aromatic heterocycles. The molecule has 6 nitrogen and oxygen atoms in total. The molecule has 0 saturated heterocycles. The minimum atomic E-state index is -1.91. The van der Waals surface area contributed by atoms with Gasteiger partial charge in [0.1, 0.15) is 22.8 Å². The van der Waals surface area contributed by atoms with Gasteiger partial charge in [-0.15, -0.1) is 0 Å². The highest BCUT2D eigenvalue weighted by Gasteiger charge is 2.54. The number of carboxylic acids is 2. The van der Waals surface area contributed by atoms with Gasteiger partial charge in [0.15, 0.2) is 0 Å². The Morgan fingerprint density at radius 3 is 2.07 bits per heavy atom. The summed E-state index contributed by atoms with van der Waals surface area (Å²) >= 11 is 0. The van der Waals surface area contributed by atoms with Crippen molar-refractivity contribution in [2.75, 3.05) is 0 Å². The predicted molar refractivity (Wildman–Crippen MR) is 95.2 cm³/mol. The summed E-state index contributed by atoms with van der Waals surface area (Å²) in [5.41, 5.74) is -2.66. The van der Waals surface area contributed by atoms with Crippen LogP contribution in [0, 0.1) is 17.2 Å². The Kier molecular flexibility index (Phi) is 5.26. The number of halogens is 1. The Morgan fingerprint density at radius 2 is 1.63 bits per heavy atom. The Balaban J connectivity index is 2.68. The maximum atomic E-state index is 13.3. The van der Waals surface area contributed by atoms with Crippen LogP contribution < -0.4 is 0 Å². The lowest BCUT2D eigenvalue weighted by Crippen LogP contribution is -2.47. The molecule has 2 unspecified atom stereocenters. The summed E-state index contributed by atoms with van der Waals surface area (Å²) in [5, 5.41) is 19.5. The molecule has 0 saturated carbocycles. The van der Waals surface area contributed by atoms with Gasteiger partial charge in [0.25, 0.3) is 0 Å². The summed E-state index contributed by atoms with van der Waals surface area (Å²) in [4.78, 5) is 36.7. The van der Waals surface area contributed by atoms with Gasteiger partial charge in [-0.05, 0) is 51.0 Å². The lowest BCUT2D eigenvalue weighted by atomic mass is 9.63. The predicted octanol–water partition coefficient (Wildman–Crippen LogP) is 3.28. The largest absolute Gasteiger partial charge is 0.481 e. The quantitative estimate of drug-likeness (QED) is 0.782. The molecule has 27 heavy (non-hydrogen) atoms. The average Bonchev–Trinajstić information content (AvgIpc) is 2.53. The highest BCUT2D eigenvalue weighted by molar-refractivity contribution is 6.05. The monoisotopic (exact) mass is 376 g/mol. The molecule has 7 heteroatoms. The molecule has 144 valence electrons. The molecule has 0 spiro atoms. The normalized spacial score (nSPS) is 22.5. The van der Waals surface area contributed by atoms with E-state index in [1.54, 1.807) is 20.8 Å². The third kappa shape index (κ3) is 3.92. The van der Waals surface area contributed by atoms with Crippen LogP contribution in [0.1, 0.15) is 33.3 Å². The van der Waals surface area contributed by atoms with E-state index < -0.39 is 40.7 Å². The molecular weight excluding hydrogens is 355 g/mol. The van der Waals surface area contributed by atoms with Crippen molar-refractivity contribution in [3.8, 4) is 0 Å². The van der Waals surface area contributed by atoms with Crippen LogP contribution in [-0.2, 0) is 19.1 Å². The molecule has 0 fully saturated rings. The zero-order valence-electron chi connectivity index (χ0n) is 15.4. The Bertz CT molecular complexity index is 844. The molecule has 0 amide bonds. The molecule has 1 aliphatic carbocycles. The van der Waals surface area contributed by atoms with Gasteiger partial charge in [-0.1, -0.05) is 24.3 Å². The second-order valence-electron chi connectivity index (χ2n) is 7.49. The van der Waals surface area contributed by atoms with Gasteiger partial charge in [0, 0.05) is 0 Å². The first-order valence-corrected chi connectivity index (χ1v) is 8.25. The first kappa shape index (κ1) is 20.4. The first-order valence-electron chi connectivity index (χ1n) is 8.25. The number of carbonyl (C=O) groups is 3. The van der Waals surface area contributed by atoms with E-state index in [2.05, 4.69) is 0 Å². The van der Waals surface area contributed by atoms with Gasteiger partial charge >= 0.3 is 17.9 Å². The second-order valence-corrected chi connectivity index (χ2v) is 7.49. The van der Waals surface area contributed by atoms with E-state index in [4.69, 9.17) is 4.74 Å². The average molecular weight is 376 g/mol. The maximum Gasteiger partial charge on any atom is 0.332 e. The number of carboxylic acid groups (broad SMARTS) is 2. The van der Waals surface area contributed by atoms with Crippen molar-refractivity contribution in [2.45, 2.75) is 33.3 Å². The topological polar surface area (TPSA) is 101 Å². The van der Waals surface area contributed by atoms with Crippen molar-refractivity contribution in [3.63, 3.8) is 0 Å². The van der Waals surface area contributed by atoms with Crippen molar-refractivity contribution in [3.05, 3.63) is 53.4 Å². The summed E-state index contributed by atoms with van der Waals surface area (Å²) in [7, 11) is 0. The van der Waals surface area contributed by atoms with Crippen LogP contribution in [0.25, 0.3) is 5.57 Å². The van der Waals surface area contributed by atoms with Crippen molar-refractivity contribution < 1.29 is 33.7 Å². The van der Waals surface area contributed by atoms with E-state index in [-0.39, 0.29) is 11.1 Å². The standard InChI is InChI=1S/C20H21FO6/c1-19(2,3)27-17(24)15-13(16(22)23)9-10-14(20(15,4)18(25)26)11-5-7-12(21)8-6-11/h5-10,15H,1-4H3,(H,22,23)(H,25,26). The van der Waals surface area contributed by atoms with Crippen LogP contribution in [0.2, 0.25) is 0 Å². The number of aliphatic carboxylic acids is 2. The summed E-state index contributed by atoms with van der Waals surface area (Å²) < 4.78 is 18.6. The molecular formula is C20H21FO6. The van der Waals surface area contributed by atoms with Gasteiger partial charge < -0.3 is 14.9 Å². The lowest BCUT2D eigenvalue weighted by Gasteiger charge is -2.38. The molecule has 0 bridgehead atoms. The zero-order valence-corrected chi connectivity index (χ0v) is 15.4. The third-order valence-electron chi connectivity index (χ3n) is 4.37. The van der Waals surface area contributed by atoms with Crippen LogP contribution in [0.5, 0.6) is 0 Å². The smallest absolute Gasteiger partial charge is 0.332 e. The molecule has 0 heterocycles. The molecule has 2 N–H and O–H groups in total. The molecule has 2 atom stereocenters. The van der Waals surface area contributed by atoms with Crippen molar-refractivity contribution in [2.24, 2.45) is 11.3 Å². The van der Waals surface area contributed by atoms with Crippen LogP contribution in [-0.4, -0.2) is 33.7 Å². The van der Waals surface area contributed by atoms with Crippen LogP contribution >= 0.6 is 0 Å². The number of allylic oxidation sites excluding steroid dienone is 2. The number of benzene rings is 1. The minimum absolute atomic E-state index is 0.191. The van der Waals surface area contributed by atoms with Crippen LogP contribution in [0.15, 0.2) is 42.0 Å². The Morgan fingerprint density at radius 1 is 1.07 bits per heavy atom. The molecule has 1 aromatic rings. The number of esters is 1. The summed E-state index contributed by atoms with van der Waals surface area (Å²) in [6, 6.07) is 5.09. The minimum Gasteiger partial charge on any atom is -0.481 e. The molecule has 1 aromatic carbocycles. The number of rotatable bonds is 4. The maximum absolute atomic E-state index is 13.3. The van der Waals surface area contributed by atoms with E-state index >= 15 is 0 Å². The Labute approximate surface area is 156 Å². The van der Waals surface area contributed by atoms with Gasteiger partial charge in [0.05, 0.1) is 5.57 Å². The highest BCUT2D eigenvalue weighted by Crippen LogP contribution is 2.48. The highest BCUT2D eigenvalue weighted by atomic mass is 19.1. The number of hydrogen-bond acceptors (Lipinski definition) is 4. The van der Waals surface area contributed by atoms with E-state index in [0.29, 0.717) is 5.56 Å². The van der Waals surface area contributed by atoms with Crippen molar-refractivity contribution >= 4 is 23.5 Å². The molecule has 1 aliphatic rings. The summed E-state index contributed by atoms with van der Waals surface area (Å²) in [6.45, 7) is 6.08. The van der Waals surface area contributed by atoms with Gasteiger partial charge in [-0.3, -0.25) is 9.59 Å². The van der Waals surface area contributed by atoms with Crippen molar-refractivity contribution in [1.29, 1.82) is 0 Å². The van der Waals surface area contributed by atoms with Gasteiger partial charge in [-0.2, -0.15) is 0 Å². The summed E-state index contributed by atoms with van der Waals surface area (Å²) in [5.74, 6) is -5.82. The number of hydrogen-bond donors (Lipinski definition) is 2. The molecule has 0 radical (unpaired) electrons. The van der Waals surface area contributed by atoms with Crippen molar-refractivity contribution in [1.82, 2.24) is 0 Å². The number of ether oxygens (including phenoxy) is 1. The lowest BCUT2D eigenvalue weighted by molar-refractivity contribution is -0.168. The van der Waals surface area contributed by atoms with Crippen LogP contribution in [0.4, 0.5) is 4.39 Å².